The van der Waals surface area contributed by atoms with Crippen molar-refractivity contribution in [2.24, 2.45) is 0 Å². The predicted molar refractivity (Wildman–Crippen MR) is 116 cm³/mol. The van der Waals surface area contributed by atoms with Gasteiger partial charge in [0.25, 0.3) is 5.91 Å². The summed E-state index contributed by atoms with van der Waals surface area (Å²) in [5.41, 5.74) is 1.47. The Balaban J connectivity index is 1.69. The minimum Gasteiger partial charge on any atom is -0.493 e. The van der Waals surface area contributed by atoms with E-state index in [1.54, 1.807) is 48.5 Å². The number of carbonyl (C=O) groups is 1. The first kappa shape index (κ1) is 22.4. The number of carbonyl (C=O) groups excluding carboxylic acids is 1. The predicted octanol–water partition coefficient (Wildman–Crippen LogP) is 3.68. The van der Waals surface area contributed by atoms with E-state index in [9.17, 15) is 13.2 Å². The quantitative estimate of drug-likeness (QED) is 0.569. The number of methoxy groups -OCH3 is 2. The van der Waals surface area contributed by atoms with Gasteiger partial charge in [-0.05, 0) is 43.3 Å². The molecule has 8 nitrogen and oxygen atoms in total. The first-order chi connectivity index (χ1) is 14.7. The number of ether oxygens (including phenoxy) is 2. The van der Waals surface area contributed by atoms with Gasteiger partial charge in [-0.1, -0.05) is 17.7 Å². The van der Waals surface area contributed by atoms with Gasteiger partial charge in [-0.15, -0.1) is 0 Å². The molecule has 0 spiro atoms. The molecule has 0 aliphatic carbocycles. The van der Waals surface area contributed by atoms with Crippen molar-refractivity contribution in [3.8, 4) is 11.5 Å². The summed E-state index contributed by atoms with van der Waals surface area (Å²) in [5, 5.41) is 2.71. The molecular weight excluding hydrogens is 420 g/mol. The van der Waals surface area contributed by atoms with Crippen LogP contribution >= 0.6 is 0 Å². The Morgan fingerprint density at radius 1 is 1.00 bits per heavy atom. The zero-order valence-electron chi connectivity index (χ0n) is 17.7. The van der Waals surface area contributed by atoms with Gasteiger partial charge >= 0.3 is 0 Å². The van der Waals surface area contributed by atoms with Crippen LogP contribution in [-0.4, -0.2) is 39.9 Å². The molecular formula is C22H24N2O6S. The summed E-state index contributed by atoms with van der Waals surface area (Å²) in [6.45, 7) is 1.87. The minimum absolute atomic E-state index is 0.0140. The zero-order chi connectivity index (χ0) is 22.6. The van der Waals surface area contributed by atoms with Gasteiger partial charge in [-0.3, -0.25) is 4.79 Å². The minimum atomic E-state index is -3.68. The van der Waals surface area contributed by atoms with E-state index in [1.165, 1.54) is 31.6 Å². The van der Waals surface area contributed by atoms with E-state index in [4.69, 9.17) is 13.9 Å². The van der Waals surface area contributed by atoms with E-state index in [1.807, 2.05) is 6.92 Å². The Kier molecular flexibility index (Phi) is 6.67. The number of rotatable bonds is 8. The van der Waals surface area contributed by atoms with Crippen LogP contribution in [0.4, 0.5) is 5.69 Å². The number of aryl methyl sites for hydroxylation is 1. The molecule has 0 saturated heterocycles. The molecule has 3 aromatic rings. The Bertz CT molecular complexity index is 1170. The second-order valence-corrected chi connectivity index (χ2v) is 8.91. The largest absolute Gasteiger partial charge is 0.493 e. The van der Waals surface area contributed by atoms with Crippen LogP contribution in [0.5, 0.6) is 11.5 Å². The highest BCUT2D eigenvalue weighted by Crippen LogP contribution is 2.30. The normalized spacial score (nSPS) is 11.4. The third kappa shape index (κ3) is 5.07. The Morgan fingerprint density at radius 2 is 1.68 bits per heavy atom. The Morgan fingerprint density at radius 3 is 2.32 bits per heavy atom. The van der Waals surface area contributed by atoms with Crippen molar-refractivity contribution in [3.05, 3.63) is 71.7 Å². The van der Waals surface area contributed by atoms with E-state index < -0.39 is 15.9 Å². The van der Waals surface area contributed by atoms with Crippen LogP contribution < -0.4 is 14.8 Å². The summed E-state index contributed by atoms with van der Waals surface area (Å²) in [4.78, 5) is 12.7. The molecule has 1 amide bonds. The third-order valence-electron chi connectivity index (χ3n) is 4.63. The van der Waals surface area contributed by atoms with Crippen LogP contribution in [0.1, 0.15) is 21.9 Å². The smallest absolute Gasteiger partial charge is 0.291 e. The molecule has 2 aromatic carbocycles. The maximum absolute atomic E-state index is 12.7. The summed E-state index contributed by atoms with van der Waals surface area (Å²) in [6.07, 6.45) is 0. The standard InChI is InChI=1S/C22H24N2O6S/c1-15-5-9-18(10-6-15)31(26,27)24(2)14-17-8-12-20(30-17)22(25)23-16-7-11-19(28-3)21(13-16)29-4/h5-13H,14H2,1-4H3,(H,23,25). The fourth-order valence-corrected chi connectivity index (χ4v) is 4.02. The fourth-order valence-electron chi connectivity index (χ4n) is 2.89. The van der Waals surface area contributed by atoms with Crippen molar-refractivity contribution in [1.29, 1.82) is 0 Å². The van der Waals surface area contributed by atoms with Gasteiger partial charge < -0.3 is 19.2 Å². The first-order valence-electron chi connectivity index (χ1n) is 9.39. The average Bonchev–Trinajstić information content (AvgIpc) is 3.22. The molecule has 0 aliphatic rings. The third-order valence-corrected chi connectivity index (χ3v) is 6.45. The number of nitrogens with zero attached hydrogens (tertiary/aromatic N) is 1. The Hall–Kier alpha value is -3.30. The maximum Gasteiger partial charge on any atom is 0.291 e. The molecule has 0 bridgehead atoms. The van der Waals surface area contributed by atoms with Crippen LogP contribution in [0.2, 0.25) is 0 Å². The second kappa shape index (κ2) is 9.23. The summed E-state index contributed by atoms with van der Waals surface area (Å²) >= 11 is 0. The van der Waals surface area contributed by atoms with Crippen LogP contribution in [0, 0.1) is 6.92 Å². The van der Waals surface area contributed by atoms with Crippen LogP contribution in [0.25, 0.3) is 0 Å². The van der Waals surface area contributed by atoms with Gasteiger partial charge in [0.2, 0.25) is 10.0 Å². The summed E-state index contributed by atoms with van der Waals surface area (Å²) in [6, 6.07) is 14.6. The number of furan rings is 1. The van der Waals surface area contributed by atoms with E-state index in [2.05, 4.69) is 5.32 Å². The number of benzene rings is 2. The van der Waals surface area contributed by atoms with Gasteiger partial charge in [-0.2, -0.15) is 4.31 Å². The lowest BCUT2D eigenvalue weighted by atomic mass is 10.2. The van der Waals surface area contributed by atoms with Crippen molar-refractivity contribution < 1.29 is 27.1 Å². The molecule has 0 aliphatic heterocycles. The molecule has 3 rings (SSSR count). The molecule has 164 valence electrons. The van der Waals surface area contributed by atoms with Crippen LogP contribution in [0.3, 0.4) is 0 Å². The van der Waals surface area contributed by atoms with Crippen LogP contribution in [0.15, 0.2) is 63.9 Å². The van der Waals surface area contributed by atoms with Crippen LogP contribution in [-0.2, 0) is 16.6 Å². The fraction of sp³-hybridized carbons (Fsp3) is 0.227. The highest BCUT2D eigenvalue weighted by Gasteiger charge is 2.22. The van der Waals surface area contributed by atoms with E-state index in [0.29, 0.717) is 22.9 Å². The number of hydrogen-bond donors (Lipinski definition) is 1. The lowest BCUT2D eigenvalue weighted by Crippen LogP contribution is -2.26. The van der Waals surface area contributed by atoms with E-state index in [-0.39, 0.29) is 17.2 Å². The van der Waals surface area contributed by atoms with E-state index >= 15 is 0 Å². The summed E-state index contributed by atoms with van der Waals surface area (Å²) in [5.74, 6) is 0.950. The lowest BCUT2D eigenvalue weighted by molar-refractivity contribution is 0.0994. The van der Waals surface area contributed by atoms with Gasteiger partial charge in [0.05, 0.1) is 25.7 Å². The lowest BCUT2D eigenvalue weighted by Gasteiger charge is -2.16. The number of anilines is 1. The molecule has 0 unspecified atom stereocenters. The maximum atomic E-state index is 12.7. The molecule has 31 heavy (non-hydrogen) atoms. The van der Waals surface area contributed by atoms with Crippen molar-refractivity contribution in [2.45, 2.75) is 18.4 Å². The molecule has 1 heterocycles. The van der Waals surface area contributed by atoms with Gasteiger partial charge in [0.1, 0.15) is 5.76 Å². The molecule has 1 N–H and O–H groups in total. The van der Waals surface area contributed by atoms with Crippen molar-refractivity contribution in [3.63, 3.8) is 0 Å². The topological polar surface area (TPSA) is 98.1 Å². The zero-order valence-corrected chi connectivity index (χ0v) is 18.5. The molecule has 0 saturated carbocycles. The summed E-state index contributed by atoms with van der Waals surface area (Å²) < 4.78 is 42.6. The average molecular weight is 445 g/mol. The van der Waals surface area contributed by atoms with E-state index in [0.717, 1.165) is 5.56 Å². The number of hydrogen-bond acceptors (Lipinski definition) is 6. The van der Waals surface area contributed by atoms with Crippen molar-refractivity contribution >= 4 is 21.6 Å². The Labute approximate surface area is 181 Å². The van der Waals surface area contributed by atoms with Gasteiger partial charge in [-0.25, -0.2) is 8.42 Å². The summed E-state index contributed by atoms with van der Waals surface area (Å²) in [7, 11) is 0.806. The molecule has 0 atom stereocenters. The molecule has 0 fully saturated rings. The second-order valence-electron chi connectivity index (χ2n) is 6.86. The monoisotopic (exact) mass is 444 g/mol. The number of sulfonamides is 1. The highest BCUT2D eigenvalue weighted by atomic mass is 32.2. The number of nitrogens with one attached hydrogen (secondary N) is 1. The number of amides is 1. The van der Waals surface area contributed by atoms with Gasteiger partial charge in [0, 0.05) is 18.8 Å². The highest BCUT2D eigenvalue weighted by molar-refractivity contribution is 7.89. The van der Waals surface area contributed by atoms with Crippen molar-refractivity contribution in [2.75, 3.05) is 26.6 Å². The molecule has 1 aromatic heterocycles. The SMILES string of the molecule is COc1ccc(NC(=O)c2ccc(CN(C)S(=O)(=O)c3ccc(C)cc3)o2)cc1OC. The first-order valence-corrected chi connectivity index (χ1v) is 10.8. The molecule has 9 heteroatoms. The molecule has 0 radical (unpaired) electrons. The van der Waals surface area contributed by atoms with Gasteiger partial charge in [0.15, 0.2) is 17.3 Å². The van der Waals surface area contributed by atoms with Crippen molar-refractivity contribution in [1.82, 2.24) is 4.31 Å².